The number of hydrogen-bond acceptors (Lipinski definition) is 3. The van der Waals surface area contributed by atoms with Gasteiger partial charge in [-0.15, -0.1) is 0 Å². The first kappa shape index (κ1) is 13.5. The maximum absolute atomic E-state index is 6.59. The van der Waals surface area contributed by atoms with E-state index in [2.05, 4.69) is 30.9 Å². The summed E-state index contributed by atoms with van der Waals surface area (Å²) in [6, 6.07) is 0. The van der Waals surface area contributed by atoms with Gasteiger partial charge in [-0.2, -0.15) is 5.10 Å². The molecule has 0 aromatic carbocycles. The first-order valence-electron chi connectivity index (χ1n) is 7.19. The van der Waals surface area contributed by atoms with E-state index in [-0.39, 0.29) is 5.54 Å². The van der Waals surface area contributed by atoms with Crippen molar-refractivity contribution in [3.8, 4) is 0 Å². The molecule has 3 atom stereocenters. The van der Waals surface area contributed by atoms with Crippen molar-refractivity contribution in [3.05, 3.63) is 12.2 Å². The van der Waals surface area contributed by atoms with Crippen LogP contribution in [-0.2, 0) is 13.0 Å². The Balaban J connectivity index is 2.05. The molecule has 0 saturated heterocycles. The summed E-state index contributed by atoms with van der Waals surface area (Å²) in [6.45, 7) is 7.76. The number of aryl methyl sites for hydroxylation is 1. The Morgan fingerprint density at radius 3 is 2.89 bits per heavy atom. The third-order valence-electron chi connectivity index (χ3n) is 4.44. The molecular weight excluding hydrogens is 224 g/mol. The summed E-state index contributed by atoms with van der Waals surface area (Å²) in [5, 5.41) is 4.29. The van der Waals surface area contributed by atoms with Gasteiger partial charge >= 0.3 is 0 Å². The van der Waals surface area contributed by atoms with Crippen molar-refractivity contribution in [1.82, 2.24) is 14.8 Å². The molecule has 0 aliphatic heterocycles. The molecule has 1 aliphatic rings. The Bertz CT molecular complexity index is 387. The van der Waals surface area contributed by atoms with Crippen molar-refractivity contribution < 1.29 is 0 Å². The van der Waals surface area contributed by atoms with Gasteiger partial charge in [0.05, 0.1) is 0 Å². The fourth-order valence-electron chi connectivity index (χ4n) is 3.04. The summed E-state index contributed by atoms with van der Waals surface area (Å²) in [7, 11) is 0. The van der Waals surface area contributed by atoms with Gasteiger partial charge in [-0.05, 0) is 37.5 Å². The van der Waals surface area contributed by atoms with Crippen LogP contribution in [0.5, 0.6) is 0 Å². The molecule has 18 heavy (non-hydrogen) atoms. The van der Waals surface area contributed by atoms with Crippen molar-refractivity contribution in [2.75, 3.05) is 0 Å². The van der Waals surface area contributed by atoms with Gasteiger partial charge in [0.2, 0.25) is 0 Å². The van der Waals surface area contributed by atoms with E-state index in [1.165, 1.54) is 6.42 Å². The molecule has 0 amide bonds. The van der Waals surface area contributed by atoms with Gasteiger partial charge in [-0.25, -0.2) is 4.98 Å². The number of nitrogens with zero attached hydrogens (tertiary/aromatic N) is 3. The zero-order chi connectivity index (χ0) is 13.2. The highest BCUT2D eigenvalue weighted by atomic mass is 15.3. The van der Waals surface area contributed by atoms with Crippen LogP contribution in [-0.4, -0.2) is 20.3 Å². The Hall–Kier alpha value is -0.900. The number of aromatic nitrogens is 3. The maximum Gasteiger partial charge on any atom is 0.138 e. The van der Waals surface area contributed by atoms with Gasteiger partial charge in [0.15, 0.2) is 0 Å². The van der Waals surface area contributed by atoms with Crippen LogP contribution in [0.1, 0.15) is 52.3 Å². The van der Waals surface area contributed by atoms with Crippen LogP contribution in [0.4, 0.5) is 0 Å². The summed E-state index contributed by atoms with van der Waals surface area (Å²) < 4.78 is 2.01. The standard InChI is InChI=1S/C14H26N4/c1-4-7-18-13(16-10-17-18)9-14(15)6-5-11(2)12(3)8-14/h10-12H,4-9,15H2,1-3H3. The van der Waals surface area contributed by atoms with Crippen LogP contribution in [0.3, 0.4) is 0 Å². The topological polar surface area (TPSA) is 56.7 Å². The SMILES string of the molecule is CCCn1ncnc1CC1(N)CCC(C)C(C)C1. The molecule has 1 fully saturated rings. The quantitative estimate of drug-likeness (QED) is 0.892. The fraction of sp³-hybridized carbons (Fsp3) is 0.857. The van der Waals surface area contributed by atoms with Crippen molar-refractivity contribution in [2.24, 2.45) is 17.6 Å². The molecule has 0 bridgehead atoms. The smallest absolute Gasteiger partial charge is 0.138 e. The highest BCUT2D eigenvalue weighted by molar-refractivity contribution is 5.00. The van der Waals surface area contributed by atoms with Crippen molar-refractivity contribution in [2.45, 2.75) is 65.0 Å². The summed E-state index contributed by atoms with van der Waals surface area (Å²) in [6.07, 6.45) is 7.05. The summed E-state index contributed by atoms with van der Waals surface area (Å²) in [4.78, 5) is 4.39. The molecule has 1 saturated carbocycles. The summed E-state index contributed by atoms with van der Waals surface area (Å²) in [5.41, 5.74) is 6.51. The molecule has 2 N–H and O–H groups in total. The predicted molar refractivity (Wildman–Crippen MR) is 73.1 cm³/mol. The highest BCUT2D eigenvalue weighted by Gasteiger charge is 2.35. The summed E-state index contributed by atoms with van der Waals surface area (Å²) >= 11 is 0. The zero-order valence-electron chi connectivity index (χ0n) is 11.9. The molecular formula is C14H26N4. The van der Waals surface area contributed by atoms with Gasteiger partial charge in [-0.1, -0.05) is 20.8 Å². The first-order valence-corrected chi connectivity index (χ1v) is 7.19. The second kappa shape index (κ2) is 5.39. The molecule has 0 spiro atoms. The third kappa shape index (κ3) is 2.91. The highest BCUT2D eigenvalue weighted by Crippen LogP contribution is 2.36. The number of nitrogens with two attached hydrogens (primary N) is 1. The van der Waals surface area contributed by atoms with Gasteiger partial charge < -0.3 is 5.73 Å². The minimum atomic E-state index is -0.0789. The normalized spacial score (nSPS) is 32.7. The van der Waals surface area contributed by atoms with E-state index >= 15 is 0 Å². The van der Waals surface area contributed by atoms with Crippen molar-refractivity contribution in [3.63, 3.8) is 0 Å². The predicted octanol–water partition coefficient (Wildman–Crippen LogP) is 2.38. The van der Waals surface area contributed by atoms with Gasteiger partial charge in [-0.3, -0.25) is 4.68 Å². The minimum Gasteiger partial charge on any atom is -0.325 e. The lowest BCUT2D eigenvalue weighted by Gasteiger charge is -2.40. The Morgan fingerprint density at radius 2 is 2.22 bits per heavy atom. The molecule has 1 heterocycles. The monoisotopic (exact) mass is 250 g/mol. The van der Waals surface area contributed by atoms with Crippen LogP contribution < -0.4 is 5.73 Å². The molecule has 1 aliphatic carbocycles. The van der Waals surface area contributed by atoms with E-state index in [4.69, 9.17) is 5.73 Å². The van der Waals surface area contributed by atoms with Gasteiger partial charge in [0.25, 0.3) is 0 Å². The molecule has 102 valence electrons. The van der Waals surface area contributed by atoms with Crippen LogP contribution in [0.15, 0.2) is 6.33 Å². The molecule has 2 rings (SSSR count). The summed E-state index contributed by atoms with van der Waals surface area (Å²) in [5.74, 6) is 2.57. The van der Waals surface area contributed by atoms with E-state index < -0.39 is 0 Å². The van der Waals surface area contributed by atoms with Gasteiger partial charge in [0.1, 0.15) is 12.2 Å². The van der Waals surface area contributed by atoms with E-state index in [1.807, 2.05) is 4.68 Å². The second-order valence-electron chi connectivity index (χ2n) is 6.14. The van der Waals surface area contributed by atoms with Crippen LogP contribution in [0.25, 0.3) is 0 Å². The minimum absolute atomic E-state index is 0.0789. The van der Waals surface area contributed by atoms with E-state index in [0.717, 1.165) is 44.0 Å². The number of rotatable bonds is 4. The number of hydrogen-bond donors (Lipinski definition) is 1. The lowest BCUT2D eigenvalue weighted by atomic mass is 9.70. The Morgan fingerprint density at radius 1 is 1.44 bits per heavy atom. The molecule has 0 radical (unpaired) electrons. The largest absolute Gasteiger partial charge is 0.325 e. The Kier molecular flexibility index (Phi) is 4.05. The van der Waals surface area contributed by atoms with Gasteiger partial charge in [0, 0.05) is 18.5 Å². The lowest BCUT2D eigenvalue weighted by Crippen LogP contribution is -2.48. The fourth-order valence-corrected chi connectivity index (χ4v) is 3.04. The second-order valence-corrected chi connectivity index (χ2v) is 6.14. The van der Waals surface area contributed by atoms with Crippen molar-refractivity contribution >= 4 is 0 Å². The Labute approximate surface area is 110 Å². The average molecular weight is 250 g/mol. The first-order chi connectivity index (χ1) is 8.54. The molecule has 4 nitrogen and oxygen atoms in total. The third-order valence-corrected chi connectivity index (χ3v) is 4.44. The molecule has 3 unspecified atom stereocenters. The lowest BCUT2D eigenvalue weighted by molar-refractivity contribution is 0.172. The van der Waals surface area contributed by atoms with Crippen LogP contribution >= 0.6 is 0 Å². The van der Waals surface area contributed by atoms with Crippen molar-refractivity contribution in [1.29, 1.82) is 0 Å². The maximum atomic E-state index is 6.59. The van der Waals surface area contributed by atoms with E-state index in [0.29, 0.717) is 5.92 Å². The average Bonchev–Trinajstić information content (AvgIpc) is 2.72. The van der Waals surface area contributed by atoms with E-state index in [9.17, 15) is 0 Å². The van der Waals surface area contributed by atoms with Crippen LogP contribution in [0.2, 0.25) is 0 Å². The van der Waals surface area contributed by atoms with E-state index in [1.54, 1.807) is 6.33 Å². The molecule has 1 aromatic rings. The zero-order valence-corrected chi connectivity index (χ0v) is 11.9. The molecule has 1 aromatic heterocycles. The molecule has 4 heteroatoms. The van der Waals surface area contributed by atoms with Crippen LogP contribution in [0, 0.1) is 11.8 Å².